The van der Waals surface area contributed by atoms with E-state index in [0.29, 0.717) is 11.3 Å². The predicted molar refractivity (Wildman–Crippen MR) is 112 cm³/mol. The van der Waals surface area contributed by atoms with Crippen LogP contribution in [0.1, 0.15) is 29.1 Å². The van der Waals surface area contributed by atoms with Crippen molar-refractivity contribution in [3.05, 3.63) is 77.6 Å². The van der Waals surface area contributed by atoms with E-state index >= 15 is 0 Å². The first kappa shape index (κ1) is 19.0. The van der Waals surface area contributed by atoms with Crippen LogP contribution in [-0.2, 0) is 43.0 Å². The third kappa shape index (κ3) is 3.22. The van der Waals surface area contributed by atoms with E-state index in [1.165, 1.54) is 15.6 Å². The van der Waals surface area contributed by atoms with Crippen molar-refractivity contribution in [2.75, 3.05) is 0 Å². The minimum Gasteiger partial charge on any atom is -0.468 e. The molecule has 4 aromatic rings. The van der Waals surface area contributed by atoms with Crippen LogP contribution < -0.4 is 0 Å². The molecule has 154 valence electrons. The lowest BCUT2D eigenvalue weighted by Crippen LogP contribution is -2.31. The summed E-state index contributed by atoms with van der Waals surface area (Å²) in [4.78, 5) is 4.54. The van der Waals surface area contributed by atoms with Crippen molar-refractivity contribution in [2.24, 2.45) is 7.05 Å². The Labute approximate surface area is 175 Å². The van der Waals surface area contributed by atoms with Gasteiger partial charge in [-0.25, -0.2) is 8.42 Å². The van der Waals surface area contributed by atoms with E-state index in [0.717, 1.165) is 30.3 Å². The van der Waals surface area contributed by atoms with Crippen LogP contribution in [-0.4, -0.2) is 27.5 Å². The standard InChI is InChI=1S/C22H22N4O3S/c1-25-20-10-3-9-18(20)19(24-25)15-26(14-17-8-5-13-29-17)30(27,28)21-11-2-6-16-7-4-12-23-22(16)21/h2,4-8,11-13H,3,9-10,14-15H2,1H3. The van der Waals surface area contributed by atoms with Crippen molar-refractivity contribution in [1.29, 1.82) is 0 Å². The van der Waals surface area contributed by atoms with Crippen molar-refractivity contribution < 1.29 is 12.8 Å². The molecule has 0 saturated heterocycles. The Hall–Kier alpha value is -2.97. The van der Waals surface area contributed by atoms with E-state index in [-0.39, 0.29) is 18.0 Å². The summed E-state index contributed by atoms with van der Waals surface area (Å²) < 4.78 is 36.4. The number of pyridine rings is 1. The minimum absolute atomic E-state index is 0.129. The Morgan fingerprint density at radius 2 is 1.97 bits per heavy atom. The summed E-state index contributed by atoms with van der Waals surface area (Å²) in [7, 11) is -1.92. The lowest BCUT2D eigenvalue weighted by Gasteiger charge is -2.21. The Balaban J connectivity index is 1.60. The van der Waals surface area contributed by atoms with Gasteiger partial charge < -0.3 is 4.42 Å². The SMILES string of the molecule is Cn1nc(CN(Cc2ccco2)S(=O)(=O)c2cccc3cccnc23)c2c1CCC2. The highest BCUT2D eigenvalue weighted by Gasteiger charge is 2.31. The van der Waals surface area contributed by atoms with Crippen LogP contribution in [0.15, 0.2) is 64.2 Å². The van der Waals surface area contributed by atoms with E-state index in [2.05, 4.69) is 10.1 Å². The smallest absolute Gasteiger partial charge is 0.246 e. The summed E-state index contributed by atoms with van der Waals surface area (Å²) in [6, 6.07) is 12.4. The second-order valence-corrected chi connectivity index (χ2v) is 9.44. The molecule has 0 fully saturated rings. The highest BCUT2D eigenvalue weighted by molar-refractivity contribution is 7.89. The first-order chi connectivity index (χ1) is 14.5. The number of para-hydroxylation sites is 1. The molecular formula is C22H22N4O3S. The Morgan fingerprint density at radius 1 is 1.10 bits per heavy atom. The van der Waals surface area contributed by atoms with E-state index in [4.69, 9.17) is 4.42 Å². The fourth-order valence-electron chi connectivity index (χ4n) is 4.22. The van der Waals surface area contributed by atoms with Gasteiger partial charge in [0.1, 0.15) is 10.7 Å². The van der Waals surface area contributed by atoms with E-state index in [9.17, 15) is 8.42 Å². The summed E-state index contributed by atoms with van der Waals surface area (Å²) in [5.74, 6) is 0.583. The van der Waals surface area contributed by atoms with Gasteiger partial charge in [0, 0.05) is 24.3 Å². The topological polar surface area (TPSA) is 81.2 Å². The number of nitrogens with zero attached hydrogens (tertiary/aromatic N) is 4. The number of hydrogen-bond acceptors (Lipinski definition) is 5. The Bertz CT molecular complexity index is 1300. The van der Waals surface area contributed by atoms with Gasteiger partial charge >= 0.3 is 0 Å². The van der Waals surface area contributed by atoms with Crippen molar-refractivity contribution in [1.82, 2.24) is 19.1 Å². The van der Waals surface area contributed by atoms with Gasteiger partial charge in [-0.05, 0) is 49.1 Å². The number of benzene rings is 1. The maximum absolute atomic E-state index is 13.8. The van der Waals surface area contributed by atoms with Crippen molar-refractivity contribution in [2.45, 2.75) is 37.2 Å². The second kappa shape index (κ2) is 7.37. The molecule has 0 saturated carbocycles. The van der Waals surface area contributed by atoms with E-state index in [1.807, 2.05) is 23.9 Å². The van der Waals surface area contributed by atoms with Crippen LogP contribution in [0.4, 0.5) is 0 Å². The molecule has 5 rings (SSSR count). The molecule has 3 heterocycles. The number of aryl methyl sites for hydroxylation is 1. The van der Waals surface area contributed by atoms with Crippen LogP contribution in [0.25, 0.3) is 10.9 Å². The largest absolute Gasteiger partial charge is 0.468 e. The summed E-state index contributed by atoms with van der Waals surface area (Å²) in [5, 5.41) is 5.42. The molecule has 0 unspecified atom stereocenters. The highest BCUT2D eigenvalue weighted by Crippen LogP contribution is 2.30. The Kier molecular flexibility index (Phi) is 4.67. The molecular weight excluding hydrogens is 400 g/mol. The molecule has 0 N–H and O–H groups in total. The third-order valence-corrected chi connectivity index (χ3v) is 7.47. The number of sulfonamides is 1. The van der Waals surface area contributed by atoms with Crippen molar-refractivity contribution in [3.8, 4) is 0 Å². The van der Waals surface area contributed by atoms with Crippen LogP contribution in [0.5, 0.6) is 0 Å². The first-order valence-corrected chi connectivity index (χ1v) is 11.4. The fraction of sp³-hybridized carbons (Fsp3) is 0.273. The maximum Gasteiger partial charge on any atom is 0.246 e. The first-order valence-electron chi connectivity index (χ1n) is 9.94. The zero-order chi connectivity index (χ0) is 20.7. The minimum atomic E-state index is -3.85. The van der Waals surface area contributed by atoms with Gasteiger partial charge in [-0.2, -0.15) is 9.40 Å². The molecule has 30 heavy (non-hydrogen) atoms. The zero-order valence-corrected chi connectivity index (χ0v) is 17.5. The molecule has 1 aliphatic rings. The van der Waals surface area contributed by atoms with Gasteiger partial charge in [0.15, 0.2) is 0 Å². The van der Waals surface area contributed by atoms with Crippen LogP contribution in [0.2, 0.25) is 0 Å². The quantitative estimate of drug-likeness (QED) is 0.475. The monoisotopic (exact) mass is 422 g/mol. The van der Waals surface area contributed by atoms with Crippen molar-refractivity contribution in [3.63, 3.8) is 0 Å². The number of fused-ring (bicyclic) bond motifs is 2. The highest BCUT2D eigenvalue weighted by atomic mass is 32.2. The molecule has 0 atom stereocenters. The van der Waals surface area contributed by atoms with Gasteiger partial charge in [0.2, 0.25) is 10.0 Å². The average Bonchev–Trinajstić information content (AvgIpc) is 3.48. The summed E-state index contributed by atoms with van der Waals surface area (Å²) in [6.07, 6.45) is 6.16. The Morgan fingerprint density at radius 3 is 2.80 bits per heavy atom. The lowest BCUT2D eigenvalue weighted by molar-refractivity contribution is 0.354. The van der Waals surface area contributed by atoms with Gasteiger partial charge in [0.25, 0.3) is 0 Å². The van der Waals surface area contributed by atoms with Crippen molar-refractivity contribution >= 4 is 20.9 Å². The average molecular weight is 423 g/mol. The van der Waals surface area contributed by atoms with Gasteiger partial charge in [-0.15, -0.1) is 0 Å². The molecule has 3 aromatic heterocycles. The lowest BCUT2D eigenvalue weighted by atomic mass is 10.2. The van der Waals surface area contributed by atoms with Gasteiger partial charge in [-0.1, -0.05) is 18.2 Å². The van der Waals surface area contributed by atoms with Crippen LogP contribution in [0, 0.1) is 0 Å². The maximum atomic E-state index is 13.8. The molecule has 0 aliphatic heterocycles. The molecule has 7 nitrogen and oxygen atoms in total. The van der Waals surface area contributed by atoms with Gasteiger partial charge in [0.05, 0.1) is 30.6 Å². The molecule has 0 spiro atoms. The molecule has 0 amide bonds. The normalized spacial score (nSPS) is 13.9. The second-order valence-electron chi connectivity index (χ2n) is 7.53. The number of hydrogen-bond donors (Lipinski definition) is 0. The third-order valence-electron chi connectivity index (χ3n) is 5.65. The molecule has 8 heteroatoms. The number of rotatable bonds is 6. The fourth-order valence-corrected chi connectivity index (χ4v) is 5.75. The summed E-state index contributed by atoms with van der Waals surface area (Å²) >= 11 is 0. The molecule has 1 aliphatic carbocycles. The predicted octanol–water partition coefficient (Wildman–Crippen LogP) is 3.44. The number of furan rings is 1. The van der Waals surface area contributed by atoms with Crippen LogP contribution >= 0.6 is 0 Å². The summed E-state index contributed by atoms with van der Waals surface area (Å²) in [6.45, 7) is 0.319. The van der Waals surface area contributed by atoms with E-state index in [1.54, 1.807) is 42.8 Å². The molecule has 1 aromatic carbocycles. The molecule has 0 bridgehead atoms. The zero-order valence-electron chi connectivity index (χ0n) is 16.7. The van der Waals surface area contributed by atoms with E-state index < -0.39 is 10.0 Å². The van der Waals surface area contributed by atoms with Crippen LogP contribution in [0.3, 0.4) is 0 Å². The number of aromatic nitrogens is 3. The molecule has 0 radical (unpaired) electrons. The summed E-state index contributed by atoms with van der Waals surface area (Å²) in [5.41, 5.74) is 3.66. The van der Waals surface area contributed by atoms with Gasteiger partial charge in [-0.3, -0.25) is 9.67 Å².